The third-order valence-corrected chi connectivity index (χ3v) is 3.43. The summed E-state index contributed by atoms with van der Waals surface area (Å²) in [5, 5.41) is 13.7. The number of aromatic hydroxyl groups is 1. The second-order valence-corrected chi connectivity index (χ2v) is 5.10. The molecule has 0 atom stereocenters. The van der Waals surface area contributed by atoms with Crippen molar-refractivity contribution in [2.45, 2.75) is 19.8 Å². The van der Waals surface area contributed by atoms with Gasteiger partial charge in [0.05, 0.1) is 12.8 Å². The Balaban J connectivity index is 1.92. The van der Waals surface area contributed by atoms with E-state index >= 15 is 0 Å². The fourth-order valence-corrected chi connectivity index (χ4v) is 2.07. The second-order valence-electron chi connectivity index (χ2n) is 5.10. The Morgan fingerprint density at radius 3 is 2.65 bits per heavy atom. The van der Waals surface area contributed by atoms with Crippen LogP contribution in [0.25, 0.3) is 0 Å². The molecule has 2 aromatic rings. The smallest absolute Gasteiger partial charge is 0.240 e. The number of carbonyl (C=O) groups is 1. The zero-order valence-electron chi connectivity index (χ0n) is 13.2. The molecule has 0 aliphatic rings. The molecule has 0 aromatic heterocycles. The number of hydrogen-bond donors (Lipinski definition) is 2. The summed E-state index contributed by atoms with van der Waals surface area (Å²) in [7, 11) is 1.48. The van der Waals surface area contributed by atoms with Crippen LogP contribution in [0.2, 0.25) is 0 Å². The van der Waals surface area contributed by atoms with Crippen LogP contribution in [0.1, 0.15) is 24.5 Å². The van der Waals surface area contributed by atoms with Crippen molar-refractivity contribution in [3.05, 3.63) is 59.7 Å². The van der Waals surface area contributed by atoms with Gasteiger partial charge in [0.15, 0.2) is 11.5 Å². The van der Waals surface area contributed by atoms with Crippen LogP contribution in [-0.4, -0.2) is 23.8 Å². The molecule has 2 rings (SSSR count). The fourth-order valence-electron chi connectivity index (χ4n) is 2.07. The van der Waals surface area contributed by atoms with E-state index in [4.69, 9.17) is 4.74 Å². The molecule has 0 heterocycles. The van der Waals surface area contributed by atoms with Crippen LogP contribution in [-0.2, 0) is 11.2 Å². The number of phenolic OH excluding ortho intramolecular Hbond substituents is 1. The first-order valence-electron chi connectivity index (χ1n) is 7.34. The van der Waals surface area contributed by atoms with Gasteiger partial charge in [-0.3, -0.25) is 4.79 Å². The van der Waals surface area contributed by atoms with E-state index in [1.807, 2.05) is 30.3 Å². The molecule has 0 bridgehead atoms. The topological polar surface area (TPSA) is 70.9 Å². The van der Waals surface area contributed by atoms with Gasteiger partial charge in [-0.15, -0.1) is 0 Å². The highest BCUT2D eigenvalue weighted by molar-refractivity contribution is 5.99. The van der Waals surface area contributed by atoms with Crippen LogP contribution in [0.3, 0.4) is 0 Å². The first kappa shape index (κ1) is 16.5. The van der Waals surface area contributed by atoms with E-state index in [-0.39, 0.29) is 11.7 Å². The van der Waals surface area contributed by atoms with E-state index in [0.29, 0.717) is 24.3 Å². The van der Waals surface area contributed by atoms with Gasteiger partial charge in [-0.25, -0.2) is 5.43 Å². The predicted molar refractivity (Wildman–Crippen MR) is 89.8 cm³/mol. The number of hydrogen-bond acceptors (Lipinski definition) is 4. The predicted octanol–water partition coefficient (Wildman–Crippen LogP) is 2.87. The molecule has 5 heteroatoms. The molecule has 2 aromatic carbocycles. The summed E-state index contributed by atoms with van der Waals surface area (Å²) in [6.45, 7) is 1.78. The Bertz CT molecular complexity index is 697. The molecule has 0 radical (unpaired) electrons. The van der Waals surface area contributed by atoms with Crippen molar-refractivity contribution >= 4 is 11.6 Å². The van der Waals surface area contributed by atoms with Crippen LogP contribution in [0, 0.1) is 0 Å². The number of aryl methyl sites for hydroxylation is 1. The number of benzene rings is 2. The molecule has 0 fully saturated rings. The maximum atomic E-state index is 11.8. The zero-order valence-corrected chi connectivity index (χ0v) is 13.2. The quantitative estimate of drug-likeness (QED) is 0.636. The Morgan fingerprint density at radius 2 is 1.96 bits per heavy atom. The minimum atomic E-state index is -0.140. The standard InChI is InChI=1S/C18H20N2O3/c1-13(15-9-10-16(21)17(12-15)23-2)19-20-18(22)11-8-14-6-4-3-5-7-14/h3-7,9-10,12,21H,8,11H2,1-2H3,(H,20,22). The van der Waals surface area contributed by atoms with Crippen molar-refractivity contribution < 1.29 is 14.6 Å². The van der Waals surface area contributed by atoms with Crippen LogP contribution < -0.4 is 10.2 Å². The number of ether oxygens (including phenoxy) is 1. The largest absolute Gasteiger partial charge is 0.504 e. The summed E-state index contributed by atoms with van der Waals surface area (Å²) < 4.78 is 5.06. The monoisotopic (exact) mass is 312 g/mol. The Morgan fingerprint density at radius 1 is 1.22 bits per heavy atom. The molecule has 0 saturated heterocycles. The van der Waals surface area contributed by atoms with E-state index < -0.39 is 0 Å². The highest BCUT2D eigenvalue weighted by Gasteiger charge is 2.06. The third kappa shape index (κ3) is 4.85. The summed E-state index contributed by atoms with van der Waals surface area (Å²) in [6, 6.07) is 14.8. The van der Waals surface area contributed by atoms with E-state index in [0.717, 1.165) is 11.1 Å². The van der Waals surface area contributed by atoms with Crippen molar-refractivity contribution in [1.29, 1.82) is 0 Å². The first-order valence-corrected chi connectivity index (χ1v) is 7.34. The van der Waals surface area contributed by atoms with Crippen LogP contribution >= 0.6 is 0 Å². The lowest BCUT2D eigenvalue weighted by molar-refractivity contribution is -0.121. The maximum Gasteiger partial charge on any atom is 0.240 e. The molecule has 23 heavy (non-hydrogen) atoms. The molecular formula is C18H20N2O3. The molecular weight excluding hydrogens is 292 g/mol. The molecule has 0 aliphatic carbocycles. The average molecular weight is 312 g/mol. The zero-order chi connectivity index (χ0) is 16.7. The number of hydrazone groups is 1. The van der Waals surface area contributed by atoms with Crippen LogP contribution in [0.5, 0.6) is 11.5 Å². The summed E-state index contributed by atoms with van der Waals surface area (Å²) in [6.07, 6.45) is 1.05. The molecule has 0 spiro atoms. The number of carbonyl (C=O) groups excluding carboxylic acids is 1. The highest BCUT2D eigenvalue weighted by Crippen LogP contribution is 2.26. The Hall–Kier alpha value is -2.82. The summed E-state index contributed by atoms with van der Waals surface area (Å²) in [5.74, 6) is 0.294. The lowest BCUT2D eigenvalue weighted by Gasteiger charge is -2.07. The first-order chi connectivity index (χ1) is 11.1. The Kier molecular flexibility index (Phi) is 5.74. The number of amides is 1. The van der Waals surface area contributed by atoms with E-state index in [1.165, 1.54) is 13.2 Å². The SMILES string of the molecule is COc1cc(C(C)=NNC(=O)CCc2ccccc2)ccc1O. The number of phenols is 1. The number of nitrogens with zero attached hydrogens (tertiary/aromatic N) is 1. The van der Waals surface area contributed by atoms with Crippen LogP contribution in [0.15, 0.2) is 53.6 Å². The van der Waals surface area contributed by atoms with Crippen molar-refractivity contribution in [2.24, 2.45) is 5.10 Å². The number of rotatable bonds is 6. The van der Waals surface area contributed by atoms with Gasteiger partial charge in [-0.2, -0.15) is 5.10 Å². The van der Waals surface area contributed by atoms with Crippen molar-refractivity contribution in [1.82, 2.24) is 5.43 Å². The summed E-state index contributed by atoms with van der Waals surface area (Å²) in [5.41, 5.74) is 5.07. The van der Waals surface area contributed by atoms with E-state index in [1.54, 1.807) is 19.1 Å². The van der Waals surface area contributed by atoms with Gasteiger partial charge in [0.2, 0.25) is 5.91 Å². The molecule has 5 nitrogen and oxygen atoms in total. The van der Waals surface area contributed by atoms with Gasteiger partial charge in [0.1, 0.15) is 0 Å². The van der Waals surface area contributed by atoms with Gasteiger partial charge in [0.25, 0.3) is 0 Å². The second kappa shape index (κ2) is 7.98. The molecule has 120 valence electrons. The lowest BCUT2D eigenvalue weighted by Crippen LogP contribution is -2.19. The molecule has 0 saturated carbocycles. The van der Waals surface area contributed by atoms with Gasteiger partial charge >= 0.3 is 0 Å². The lowest BCUT2D eigenvalue weighted by atomic mass is 10.1. The third-order valence-electron chi connectivity index (χ3n) is 3.43. The van der Waals surface area contributed by atoms with Crippen LogP contribution in [0.4, 0.5) is 0 Å². The highest BCUT2D eigenvalue weighted by atomic mass is 16.5. The van der Waals surface area contributed by atoms with Gasteiger partial charge in [0, 0.05) is 12.0 Å². The minimum Gasteiger partial charge on any atom is -0.504 e. The summed E-state index contributed by atoms with van der Waals surface area (Å²) in [4.78, 5) is 11.8. The Labute approximate surface area is 135 Å². The van der Waals surface area contributed by atoms with Gasteiger partial charge in [-0.1, -0.05) is 30.3 Å². The van der Waals surface area contributed by atoms with E-state index in [2.05, 4.69) is 10.5 Å². The normalized spacial score (nSPS) is 11.1. The molecule has 2 N–H and O–H groups in total. The van der Waals surface area contributed by atoms with Crippen molar-refractivity contribution in [3.8, 4) is 11.5 Å². The van der Waals surface area contributed by atoms with E-state index in [9.17, 15) is 9.90 Å². The minimum absolute atomic E-state index is 0.0657. The van der Waals surface area contributed by atoms with Crippen molar-refractivity contribution in [2.75, 3.05) is 7.11 Å². The number of nitrogens with one attached hydrogen (secondary N) is 1. The van der Waals surface area contributed by atoms with Gasteiger partial charge in [-0.05, 0) is 37.1 Å². The summed E-state index contributed by atoms with van der Waals surface area (Å²) >= 11 is 0. The average Bonchev–Trinajstić information content (AvgIpc) is 2.59. The molecule has 0 unspecified atom stereocenters. The maximum absolute atomic E-state index is 11.8. The number of methoxy groups -OCH3 is 1. The van der Waals surface area contributed by atoms with Gasteiger partial charge < -0.3 is 9.84 Å². The fraction of sp³-hybridized carbons (Fsp3) is 0.222. The molecule has 0 aliphatic heterocycles. The van der Waals surface area contributed by atoms with Crippen molar-refractivity contribution in [3.63, 3.8) is 0 Å². The molecule has 1 amide bonds.